The summed E-state index contributed by atoms with van der Waals surface area (Å²) in [5, 5.41) is 8.53. The highest BCUT2D eigenvalue weighted by atomic mass is 35.7. The average molecular weight is 654 g/mol. The summed E-state index contributed by atoms with van der Waals surface area (Å²) in [6.45, 7) is 13.2. The number of benzene rings is 2. The van der Waals surface area contributed by atoms with Crippen LogP contribution in [0.1, 0.15) is 57.6 Å². The van der Waals surface area contributed by atoms with Crippen LogP contribution in [0, 0.1) is 0 Å². The molecule has 0 amide bonds. The maximum Gasteiger partial charge on any atom is 0.264 e. The molecule has 0 radical (unpaired) electrons. The number of hydrogen-bond donors (Lipinski definition) is 1. The molecule has 2 aromatic rings. The lowest BCUT2D eigenvalue weighted by Gasteiger charge is -2.13. The number of ether oxygens (including phenoxy) is 2. The van der Waals surface area contributed by atoms with Crippen molar-refractivity contribution in [2.45, 2.75) is 59.7 Å². The largest absolute Gasteiger partial charge is 0.396 e. The summed E-state index contributed by atoms with van der Waals surface area (Å²) in [5.74, 6) is 0. The second-order valence-electron chi connectivity index (χ2n) is 9.04. The minimum Gasteiger partial charge on any atom is -0.396 e. The van der Waals surface area contributed by atoms with Crippen LogP contribution in [0.2, 0.25) is 0 Å². The Labute approximate surface area is 259 Å². The molecule has 244 valence electrons. The van der Waals surface area contributed by atoms with Crippen LogP contribution in [-0.4, -0.2) is 85.4 Å². The van der Waals surface area contributed by atoms with Gasteiger partial charge in [-0.1, -0.05) is 81.4 Å². The predicted molar refractivity (Wildman–Crippen MR) is 173 cm³/mol. The number of nitrogens with zero attached hydrogens (tertiary/aromatic N) is 1. The van der Waals surface area contributed by atoms with Crippen LogP contribution in [0.15, 0.2) is 60.7 Å². The zero-order valence-corrected chi connectivity index (χ0v) is 28.3. The molecule has 0 fully saturated rings. The number of unbranched alkanes of at least 4 members (excludes halogenated alkanes) is 2. The van der Waals surface area contributed by atoms with E-state index in [1.807, 2.05) is 60.7 Å². The molecule has 0 spiro atoms. The first-order valence-electron chi connectivity index (χ1n) is 14.2. The molecule has 0 aromatic heterocycles. The van der Waals surface area contributed by atoms with E-state index in [1.54, 1.807) is 0 Å². The van der Waals surface area contributed by atoms with E-state index in [0.717, 1.165) is 43.9 Å². The number of rotatable bonds is 17. The van der Waals surface area contributed by atoms with E-state index in [-0.39, 0.29) is 13.2 Å². The molecule has 0 unspecified atom stereocenters. The molecule has 0 aliphatic rings. The van der Waals surface area contributed by atoms with Gasteiger partial charge in [-0.15, -0.1) is 0 Å². The van der Waals surface area contributed by atoms with Gasteiger partial charge in [0, 0.05) is 30.5 Å². The van der Waals surface area contributed by atoms with Crippen LogP contribution in [0.3, 0.4) is 0 Å². The smallest absolute Gasteiger partial charge is 0.264 e. The Balaban J connectivity index is 0. The predicted octanol–water partition coefficient (Wildman–Crippen LogP) is 5.47. The van der Waals surface area contributed by atoms with Crippen LogP contribution >= 0.6 is 10.7 Å². The zero-order valence-electron chi connectivity index (χ0n) is 25.9. The maximum atomic E-state index is 10.7. The van der Waals surface area contributed by atoms with Crippen molar-refractivity contribution in [1.29, 1.82) is 0 Å². The molecule has 9 nitrogen and oxygen atoms in total. The Morgan fingerprint density at radius 1 is 0.667 bits per heavy atom. The van der Waals surface area contributed by atoms with Gasteiger partial charge in [0.15, 0.2) is 0 Å². The maximum absolute atomic E-state index is 10.7. The van der Waals surface area contributed by atoms with E-state index >= 15 is 0 Å². The molecule has 0 aliphatic carbocycles. The first-order valence-corrected chi connectivity index (χ1v) is 18.7. The standard InChI is InChI=1S/C12H18O4S.C11H16O2.C6H15N.CH3ClO2S/c1-17(13,14)16-10-6-5-9-15-11-12-7-3-2-4-8-12;12-8-4-5-9-13-10-11-6-2-1-3-7-11;1-4-7(5-2)6-3;1-5(2,3)4/h2-4,7-8H,5-6,9-11H2,1H3;1-3,6-7,12H,4-5,8-10H2;4-6H2,1-3H3;1H3. The Morgan fingerprint density at radius 2 is 1.02 bits per heavy atom. The van der Waals surface area contributed by atoms with Crippen LogP contribution in [0.25, 0.3) is 0 Å². The molecule has 0 saturated heterocycles. The van der Waals surface area contributed by atoms with Crippen molar-refractivity contribution in [3.63, 3.8) is 0 Å². The molecule has 0 aliphatic heterocycles. The summed E-state index contributed by atoms with van der Waals surface area (Å²) in [5.41, 5.74) is 2.34. The molecule has 0 saturated carbocycles. The van der Waals surface area contributed by atoms with Gasteiger partial charge in [0.1, 0.15) is 0 Å². The van der Waals surface area contributed by atoms with E-state index in [1.165, 1.54) is 25.2 Å². The highest BCUT2D eigenvalue weighted by Gasteiger charge is 2.00. The minimum absolute atomic E-state index is 0.230. The minimum atomic E-state index is -3.30. The fourth-order valence-corrected chi connectivity index (χ4v) is 3.45. The molecular formula is C30H52ClNO8S2. The number of hydrogen-bond acceptors (Lipinski definition) is 9. The summed E-state index contributed by atoms with van der Waals surface area (Å²) in [7, 11) is -1.99. The molecule has 42 heavy (non-hydrogen) atoms. The quantitative estimate of drug-likeness (QED) is 0.135. The van der Waals surface area contributed by atoms with Gasteiger partial charge in [-0.25, -0.2) is 8.42 Å². The Hall–Kier alpha value is -1.57. The highest BCUT2D eigenvalue weighted by molar-refractivity contribution is 8.13. The molecule has 12 heteroatoms. The molecule has 2 aromatic carbocycles. The topological polar surface area (TPSA) is 119 Å². The van der Waals surface area contributed by atoms with Gasteiger partial charge >= 0.3 is 0 Å². The van der Waals surface area contributed by atoms with Crippen LogP contribution in [0.5, 0.6) is 0 Å². The molecular weight excluding hydrogens is 602 g/mol. The Bertz CT molecular complexity index is 1040. The average Bonchev–Trinajstić information content (AvgIpc) is 2.94. The zero-order chi connectivity index (χ0) is 32.1. The Morgan fingerprint density at radius 3 is 1.33 bits per heavy atom. The van der Waals surface area contributed by atoms with Gasteiger partial charge in [-0.3, -0.25) is 4.18 Å². The second kappa shape index (κ2) is 28.2. The van der Waals surface area contributed by atoms with Gasteiger partial charge < -0.3 is 19.5 Å². The first-order chi connectivity index (χ1) is 19.9. The lowest BCUT2D eigenvalue weighted by atomic mass is 10.2. The van der Waals surface area contributed by atoms with E-state index < -0.39 is 19.2 Å². The van der Waals surface area contributed by atoms with Gasteiger partial charge in [-0.05, 0) is 56.4 Å². The lowest BCUT2D eigenvalue weighted by Crippen LogP contribution is -2.21. The van der Waals surface area contributed by atoms with Crippen LogP contribution < -0.4 is 0 Å². The third kappa shape index (κ3) is 36.5. The van der Waals surface area contributed by atoms with E-state index in [9.17, 15) is 16.8 Å². The molecule has 0 bridgehead atoms. The summed E-state index contributed by atoms with van der Waals surface area (Å²) < 4.78 is 55.6. The van der Waals surface area contributed by atoms with Gasteiger partial charge in [0.25, 0.3) is 10.1 Å². The van der Waals surface area contributed by atoms with Crippen LogP contribution in [0.4, 0.5) is 0 Å². The van der Waals surface area contributed by atoms with Gasteiger partial charge in [0.2, 0.25) is 9.05 Å². The molecule has 2 rings (SSSR count). The van der Waals surface area contributed by atoms with Crippen molar-refractivity contribution < 1.29 is 35.6 Å². The van der Waals surface area contributed by atoms with E-state index in [2.05, 4.69) is 40.5 Å². The van der Waals surface area contributed by atoms with Crippen molar-refractivity contribution in [3.8, 4) is 0 Å². The summed E-state index contributed by atoms with van der Waals surface area (Å²) in [4.78, 5) is 2.38. The second-order valence-corrected chi connectivity index (χ2v) is 13.7. The van der Waals surface area contributed by atoms with Crippen LogP contribution in [-0.2, 0) is 46.0 Å². The van der Waals surface area contributed by atoms with Crippen molar-refractivity contribution in [3.05, 3.63) is 71.8 Å². The summed E-state index contributed by atoms with van der Waals surface area (Å²) in [6, 6.07) is 20.0. The van der Waals surface area contributed by atoms with Crippen molar-refractivity contribution in [1.82, 2.24) is 4.90 Å². The molecule has 1 N–H and O–H groups in total. The SMILES string of the molecule is CCN(CC)CC.CS(=O)(=O)Cl.CS(=O)(=O)OCCCCOCc1ccccc1.OCCCCOCc1ccccc1. The molecule has 0 heterocycles. The summed E-state index contributed by atoms with van der Waals surface area (Å²) in [6.07, 6.45) is 5.22. The van der Waals surface area contributed by atoms with Crippen molar-refractivity contribution >= 4 is 29.9 Å². The van der Waals surface area contributed by atoms with E-state index in [0.29, 0.717) is 26.2 Å². The highest BCUT2D eigenvalue weighted by Crippen LogP contribution is 2.03. The van der Waals surface area contributed by atoms with Crippen molar-refractivity contribution in [2.24, 2.45) is 0 Å². The van der Waals surface area contributed by atoms with Gasteiger partial charge in [-0.2, -0.15) is 8.42 Å². The fourth-order valence-electron chi connectivity index (χ4n) is 3.03. The number of aliphatic hydroxyl groups excluding tert-OH is 1. The van der Waals surface area contributed by atoms with Gasteiger partial charge in [0.05, 0.1) is 32.3 Å². The number of halogens is 1. The monoisotopic (exact) mass is 653 g/mol. The fraction of sp³-hybridized carbons (Fsp3) is 0.600. The Kier molecular flexibility index (Phi) is 28.6. The third-order valence-corrected chi connectivity index (χ3v) is 5.84. The third-order valence-electron chi connectivity index (χ3n) is 5.24. The normalized spacial score (nSPS) is 11.0. The number of aliphatic hydroxyl groups is 1. The van der Waals surface area contributed by atoms with Crippen molar-refractivity contribution in [2.75, 3.05) is 58.6 Å². The first kappa shape index (κ1) is 42.6. The van der Waals surface area contributed by atoms with E-state index in [4.69, 9.17) is 14.6 Å². The summed E-state index contributed by atoms with van der Waals surface area (Å²) >= 11 is 0. The molecule has 0 atom stereocenters. The lowest BCUT2D eigenvalue weighted by molar-refractivity contribution is 0.112.